The minimum Gasteiger partial charge on any atom is -0.371 e. The predicted molar refractivity (Wildman–Crippen MR) is 99.3 cm³/mol. The lowest BCUT2D eigenvalue weighted by Gasteiger charge is -2.24. The van der Waals surface area contributed by atoms with Crippen molar-refractivity contribution < 1.29 is 0 Å². The van der Waals surface area contributed by atoms with Crippen LogP contribution < -0.4 is 4.90 Å². The molecule has 0 amide bonds. The van der Waals surface area contributed by atoms with Gasteiger partial charge in [0.25, 0.3) is 0 Å². The third kappa shape index (κ3) is 4.12. The Balaban J connectivity index is 1.66. The molecule has 1 aliphatic rings. The van der Waals surface area contributed by atoms with Crippen molar-refractivity contribution in [3.63, 3.8) is 0 Å². The molecule has 1 fully saturated rings. The van der Waals surface area contributed by atoms with Gasteiger partial charge in [-0.3, -0.25) is 4.90 Å². The van der Waals surface area contributed by atoms with E-state index in [4.69, 9.17) is 4.98 Å². The Morgan fingerprint density at radius 2 is 1.91 bits per heavy atom. The lowest BCUT2D eigenvalue weighted by molar-refractivity contribution is 0.315. The summed E-state index contributed by atoms with van der Waals surface area (Å²) in [6, 6.07) is 8.86. The van der Waals surface area contributed by atoms with E-state index in [-0.39, 0.29) is 0 Å². The van der Waals surface area contributed by atoms with E-state index in [2.05, 4.69) is 60.3 Å². The lowest BCUT2D eigenvalue weighted by atomic mass is 10.1. The van der Waals surface area contributed by atoms with Gasteiger partial charge in [0, 0.05) is 43.2 Å². The Hall–Kier alpha value is -1.39. The number of benzene rings is 1. The highest BCUT2D eigenvalue weighted by Crippen LogP contribution is 2.26. The molecule has 0 aliphatic carbocycles. The molecule has 124 valence electrons. The summed E-state index contributed by atoms with van der Waals surface area (Å²) in [5.74, 6) is 0.523. The van der Waals surface area contributed by atoms with Crippen LogP contribution in [0.2, 0.25) is 0 Å². The largest absolute Gasteiger partial charge is 0.371 e. The summed E-state index contributed by atoms with van der Waals surface area (Å²) in [7, 11) is 2.19. The van der Waals surface area contributed by atoms with Gasteiger partial charge in [-0.15, -0.1) is 11.3 Å². The number of thiazole rings is 1. The van der Waals surface area contributed by atoms with Crippen molar-refractivity contribution in [1.82, 2.24) is 9.88 Å². The quantitative estimate of drug-likeness (QED) is 0.778. The first-order valence-electron chi connectivity index (χ1n) is 8.59. The van der Waals surface area contributed by atoms with Gasteiger partial charge in [-0.2, -0.15) is 0 Å². The minimum absolute atomic E-state index is 0.523. The molecule has 0 saturated carbocycles. The topological polar surface area (TPSA) is 19.4 Å². The van der Waals surface area contributed by atoms with E-state index in [1.165, 1.54) is 47.9 Å². The molecule has 1 saturated heterocycles. The van der Waals surface area contributed by atoms with Gasteiger partial charge in [-0.05, 0) is 31.5 Å². The van der Waals surface area contributed by atoms with Gasteiger partial charge < -0.3 is 4.90 Å². The molecule has 0 unspecified atom stereocenters. The zero-order chi connectivity index (χ0) is 16.2. The first kappa shape index (κ1) is 16.5. The number of hydrogen-bond acceptors (Lipinski definition) is 4. The molecule has 0 radical (unpaired) electrons. The maximum absolute atomic E-state index is 4.76. The molecule has 1 aromatic heterocycles. The number of aromatic nitrogens is 1. The summed E-state index contributed by atoms with van der Waals surface area (Å²) in [4.78, 5) is 9.66. The first-order valence-corrected chi connectivity index (χ1v) is 9.47. The zero-order valence-corrected chi connectivity index (χ0v) is 15.3. The molecule has 3 rings (SSSR count). The summed E-state index contributed by atoms with van der Waals surface area (Å²) in [5, 5.41) is 3.45. The molecule has 0 bridgehead atoms. The summed E-state index contributed by atoms with van der Waals surface area (Å²) in [5.41, 5.74) is 4.04. The van der Waals surface area contributed by atoms with Crippen LogP contribution in [0.1, 0.15) is 48.9 Å². The van der Waals surface area contributed by atoms with Crippen molar-refractivity contribution in [2.75, 3.05) is 25.0 Å². The second-order valence-corrected chi connectivity index (χ2v) is 7.72. The molecule has 0 atom stereocenters. The van der Waals surface area contributed by atoms with Crippen molar-refractivity contribution in [2.24, 2.45) is 0 Å². The van der Waals surface area contributed by atoms with Crippen LogP contribution in [0.3, 0.4) is 0 Å². The fourth-order valence-electron chi connectivity index (χ4n) is 3.19. The van der Waals surface area contributed by atoms with Crippen LogP contribution in [0.4, 0.5) is 5.69 Å². The first-order chi connectivity index (χ1) is 11.1. The van der Waals surface area contributed by atoms with Gasteiger partial charge in [-0.1, -0.05) is 32.0 Å². The normalized spacial score (nSPS) is 15.1. The molecule has 1 aromatic carbocycles. The van der Waals surface area contributed by atoms with Crippen molar-refractivity contribution in [1.29, 1.82) is 0 Å². The van der Waals surface area contributed by atoms with Crippen LogP contribution in [-0.4, -0.2) is 30.0 Å². The van der Waals surface area contributed by atoms with Crippen LogP contribution in [-0.2, 0) is 13.1 Å². The Kier molecular flexibility index (Phi) is 5.34. The smallest absolute Gasteiger partial charge is 0.0954 e. The van der Waals surface area contributed by atoms with Crippen LogP contribution in [0.25, 0.3) is 0 Å². The third-order valence-electron chi connectivity index (χ3n) is 4.37. The molecule has 2 aromatic rings. The average Bonchev–Trinajstić information content (AvgIpc) is 3.19. The predicted octanol–water partition coefficient (Wildman–Crippen LogP) is 4.50. The van der Waals surface area contributed by atoms with Gasteiger partial charge in [0.05, 0.1) is 10.7 Å². The average molecular weight is 330 g/mol. The Bertz CT molecular complexity index is 629. The van der Waals surface area contributed by atoms with E-state index >= 15 is 0 Å². The molecule has 2 heterocycles. The van der Waals surface area contributed by atoms with Crippen LogP contribution in [0.5, 0.6) is 0 Å². The fourth-order valence-corrected chi connectivity index (χ4v) is 4.02. The molecular weight excluding hydrogens is 302 g/mol. The Morgan fingerprint density at radius 1 is 1.17 bits per heavy atom. The van der Waals surface area contributed by atoms with Crippen LogP contribution >= 0.6 is 11.3 Å². The fraction of sp³-hybridized carbons (Fsp3) is 0.526. The monoisotopic (exact) mass is 329 g/mol. The van der Waals surface area contributed by atoms with E-state index in [9.17, 15) is 0 Å². The zero-order valence-electron chi connectivity index (χ0n) is 14.5. The highest BCUT2D eigenvalue weighted by molar-refractivity contribution is 7.09. The number of rotatable bonds is 6. The van der Waals surface area contributed by atoms with Crippen LogP contribution in [0, 0.1) is 0 Å². The van der Waals surface area contributed by atoms with E-state index in [1.54, 1.807) is 11.3 Å². The van der Waals surface area contributed by atoms with E-state index in [0.717, 1.165) is 13.1 Å². The number of para-hydroxylation sites is 1. The van der Waals surface area contributed by atoms with Gasteiger partial charge in [0.1, 0.15) is 0 Å². The molecule has 0 N–H and O–H groups in total. The highest BCUT2D eigenvalue weighted by atomic mass is 32.1. The van der Waals surface area contributed by atoms with Crippen molar-refractivity contribution in [3.05, 3.63) is 45.9 Å². The number of hydrogen-bond donors (Lipinski definition) is 0. The van der Waals surface area contributed by atoms with E-state index in [0.29, 0.717) is 5.92 Å². The lowest BCUT2D eigenvalue weighted by Crippen LogP contribution is -2.23. The van der Waals surface area contributed by atoms with E-state index < -0.39 is 0 Å². The maximum atomic E-state index is 4.76. The maximum Gasteiger partial charge on any atom is 0.0954 e. The standard InChI is InChI=1S/C19H27N3S/c1-15(2)19-20-17(14-23-19)13-21(3)12-16-8-4-5-9-18(16)22-10-6-7-11-22/h4-5,8-9,14-15H,6-7,10-13H2,1-3H3. The molecular formula is C19H27N3S. The molecule has 4 heteroatoms. The van der Waals surface area contributed by atoms with Crippen molar-refractivity contribution in [2.45, 2.75) is 45.7 Å². The number of nitrogens with zero attached hydrogens (tertiary/aromatic N) is 3. The van der Waals surface area contributed by atoms with Gasteiger partial charge in [0.2, 0.25) is 0 Å². The second kappa shape index (κ2) is 7.45. The summed E-state index contributed by atoms with van der Waals surface area (Å²) in [6.07, 6.45) is 2.64. The van der Waals surface area contributed by atoms with Crippen LogP contribution in [0.15, 0.2) is 29.6 Å². The summed E-state index contributed by atoms with van der Waals surface area (Å²) >= 11 is 1.78. The van der Waals surface area contributed by atoms with Crippen molar-refractivity contribution in [3.8, 4) is 0 Å². The summed E-state index contributed by atoms with van der Waals surface area (Å²) < 4.78 is 0. The van der Waals surface area contributed by atoms with Crippen molar-refractivity contribution >= 4 is 17.0 Å². The Morgan fingerprint density at radius 3 is 2.61 bits per heavy atom. The molecule has 3 nitrogen and oxygen atoms in total. The van der Waals surface area contributed by atoms with Gasteiger partial charge in [-0.25, -0.2) is 4.98 Å². The highest BCUT2D eigenvalue weighted by Gasteiger charge is 2.16. The SMILES string of the molecule is CC(C)c1nc(CN(C)Cc2ccccc2N2CCCC2)cs1. The summed E-state index contributed by atoms with van der Waals surface area (Å²) in [6.45, 7) is 8.70. The third-order valence-corrected chi connectivity index (χ3v) is 5.57. The minimum atomic E-state index is 0.523. The molecule has 23 heavy (non-hydrogen) atoms. The number of anilines is 1. The van der Waals surface area contributed by atoms with Gasteiger partial charge in [0.15, 0.2) is 0 Å². The van der Waals surface area contributed by atoms with E-state index in [1.807, 2.05) is 0 Å². The molecule has 0 spiro atoms. The Labute approximate surface area is 144 Å². The second-order valence-electron chi connectivity index (χ2n) is 6.83. The molecule has 1 aliphatic heterocycles. The van der Waals surface area contributed by atoms with Gasteiger partial charge >= 0.3 is 0 Å².